The minimum atomic E-state index is 0.308. The van der Waals surface area contributed by atoms with Crippen LogP contribution in [0.1, 0.15) is 29.8 Å². The summed E-state index contributed by atoms with van der Waals surface area (Å²) in [5.74, 6) is 1.20. The van der Waals surface area contributed by atoms with Crippen LogP contribution in [0.5, 0.6) is 5.75 Å². The van der Waals surface area contributed by atoms with Crippen molar-refractivity contribution in [3.8, 4) is 5.75 Å². The number of piperazine rings is 1. The molecule has 1 N–H and O–H groups in total. The molecule has 0 unspecified atom stereocenters. The number of quaternary nitrogens is 1. The lowest BCUT2D eigenvalue weighted by molar-refractivity contribution is -0.917. The molecule has 1 aliphatic heterocycles. The zero-order valence-corrected chi connectivity index (χ0v) is 18.4. The Morgan fingerprint density at radius 1 is 1.10 bits per heavy atom. The number of hydrogen-bond donors (Lipinski definition) is 1. The second-order valence-electron chi connectivity index (χ2n) is 7.94. The fraction of sp³-hybridized carbons (Fsp3) is 0.417. The first-order valence-corrected chi connectivity index (χ1v) is 11.6. The number of carbonyl (C=O) groups excluding carboxylic acids is 1. The first-order chi connectivity index (χ1) is 14.7. The molecule has 0 radical (unpaired) electrons. The number of rotatable bonds is 8. The van der Waals surface area contributed by atoms with Gasteiger partial charge in [0.25, 0.3) is 0 Å². The summed E-state index contributed by atoms with van der Waals surface area (Å²) < 4.78 is 6.47. The number of aryl methyl sites for hydroxylation is 1. The topological polar surface area (TPSA) is 46.9 Å². The summed E-state index contributed by atoms with van der Waals surface area (Å²) in [7, 11) is 1.69. The van der Waals surface area contributed by atoms with E-state index in [0.29, 0.717) is 12.3 Å². The number of benzene rings is 2. The molecule has 5 nitrogen and oxygen atoms in total. The predicted octanol–water partition coefficient (Wildman–Crippen LogP) is 2.95. The SMILES string of the molecule is COc1ccc(C[NH+]2CCN(C(=O)CCCCc3nc4ccccc4s3)CC2)cc1. The van der Waals surface area contributed by atoms with E-state index in [9.17, 15) is 4.79 Å². The molecular weight excluding hydrogens is 394 g/mol. The zero-order chi connectivity index (χ0) is 20.8. The van der Waals surface area contributed by atoms with Crippen LogP contribution >= 0.6 is 11.3 Å². The summed E-state index contributed by atoms with van der Waals surface area (Å²) in [5, 5.41) is 1.18. The molecule has 6 heteroatoms. The van der Waals surface area contributed by atoms with Crippen molar-refractivity contribution >= 4 is 27.5 Å². The zero-order valence-electron chi connectivity index (χ0n) is 17.6. The van der Waals surface area contributed by atoms with Crippen molar-refractivity contribution in [1.29, 1.82) is 0 Å². The van der Waals surface area contributed by atoms with Gasteiger partial charge in [-0.15, -0.1) is 11.3 Å². The van der Waals surface area contributed by atoms with Crippen LogP contribution in [0.4, 0.5) is 0 Å². The molecule has 158 valence electrons. The number of amides is 1. The number of thiazole rings is 1. The molecule has 1 saturated heterocycles. The highest BCUT2D eigenvalue weighted by Gasteiger charge is 2.23. The van der Waals surface area contributed by atoms with Crippen LogP contribution in [0.3, 0.4) is 0 Å². The Balaban J connectivity index is 1.15. The quantitative estimate of drug-likeness (QED) is 0.566. The number of fused-ring (bicyclic) bond motifs is 1. The lowest BCUT2D eigenvalue weighted by atomic mass is 10.1. The molecule has 0 saturated carbocycles. The molecule has 2 heterocycles. The number of nitrogens with one attached hydrogen (secondary N) is 1. The number of para-hydroxylation sites is 1. The van der Waals surface area contributed by atoms with E-state index >= 15 is 0 Å². The molecule has 0 atom stereocenters. The minimum Gasteiger partial charge on any atom is -0.497 e. The van der Waals surface area contributed by atoms with Gasteiger partial charge in [-0.25, -0.2) is 4.98 Å². The largest absolute Gasteiger partial charge is 0.497 e. The molecule has 3 aromatic rings. The van der Waals surface area contributed by atoms with E-state index in [1.807, 2.05) is 18.2 Å². The molecule has 0 aliphatic carbocycles. The minimum absolute atomic E-state index is 0.308. The normalized spacial score (nSPS) is 14.9. The van der Waals surface area contributed by atoms with Gasteiger partial charge in [-0.3, -0.25) is 4.79 Å². The van der Waals surface area contributed by atoms with E-state index < -0.39 is 0 Å². The summed E-state index contributed by atoms with van der Waals surface area (Å²) in [6, 6.07) is 16.6. The van der Waals surface area contributed by atoms with Crippen molar-refractivity contribution in [3.05, 3.63) is 59.1 Å². The average molecular weight is 425 g/mol. The summed E-state index contributed by atoms with van der Waals surface area (Å²) in [4.78, 5) is 20.9. The molecule has 1 amide bonds. The average Bonchev–Trinajstić information content (AvgIpc) is 3.20. The third-order valence-electron chi connectivity index (χ3n) is 5.81. The van der Waals surface area contributed by atoms with Crippen LogP contribution in [-0.2, 0) is 17.8 Å². The highest BCUT2D eigenvalue weighted by molar-refractivity contribution is 7.18. The van der Waals surface area contributed by atoms with Gasteiger partial charge in [0.2, 0.25) is 5.91 Å². The molecule has 4 rings (SSSR count). The van der Waals surface area contributed by atoms with Gasteiger partial charge >= 0.3 is 0 Å². The number of hydrogen-bond acceptors (Lipinski definition) is 4. The second kappa shape index (κ2) is 10.0. The van der Waals surface area contributed by atoms with Crippen molar-refractivity contribution in [2.24, 2.45) is 0 Å². The molecule has 0 spiro atoms. The van der Waals surface area contributed by atoms with Crippen LogP contribution in [0.2, 0.25) is 0 Å². The number of carbonyl (C=O) groups is 1. The second-order valence-corrected chi connectivity index (χ2v) is 9.05. The smallest absolute Gasteiger partial charge is 0.222 e. The Morgan fingerprint density at radius 2 is 1.87 bits per heavy atom. The van der Waals surface area contributed by atoms with E-state index in [1.165, 1.54) is 15.3 Å². The summed E-state index contributed by atoms with van der Waals surface area (Å²) >= 11 is 1.77. The lowest BCUT2D eigenvalue weighted by Crippen LogP contribution is -3.13. The van der Waals surface area contributed by atoms with Crippen LogP contribution in [0.25, 0.3) is 10.2 Å². The summed E-state index contributed by atoms with van der Waals surface area (Å²) in [6.45, 7) is 4.77. The first-order valence-electron chi connectivity index (χ1n) is 10.8. The number of methoxy groups -OCH3 is 1. The maximum atomic E-state index is 12.6. The van der Waals surface area contributed by atoms with Gasteiger partial charge in [0.1, 0.15) is 12.3 Å². The number of nitrogens with zero attached hydrogens (tertiary/aromatic N) is 2. The standard InChI is InChI=1S/C24H29N3O2S/c1-29-20-12-10-19(11-13-20)18-26-14-16-27(17-15-26)24(28)9-5-4-8-23-25-21-6-2-3-7-22(21)30-23/h2-3,6-7,10-13H,4-5,8-9,14-18H2,1H3/p+1. The summed E-state index contributed by atoms with van der Waals surface area (Å²) in [6.07, 6.45) is 3.58. The fourth-order valence-corrected chi connectivity index (χ4v) is 5.03. The third-order valence-corrected chi connectivity index (χ3v) is 6.90. The van der Waals surface area contributed by atoms with Gasteiger partial charge in [0.05, 0.1) is 48.5 Å². The summed E-state index contributed by atoms with van der Waals surface area (Å²) in [5.41, 5.74) is 2.41. The van der Waals surface area contributed by atoms with Gasteiger partial charge in [-0.05, 0) is 55.7 Å². The fourth-order valence-electron chi connectivity index (χ4n) is 4.02. The van der Waals surface area contributed by atoms with Gasteiger partial charge in [-0.1, -0.05) is 12.1 Å². The molecular formula is C24H30N3O2S+. The first kappa shape index (κ1) is 20.8. The molecule has 2 aromatic carbocycles. The Bertz CT molecular complexity index is 929. The van der Waals surface area contributed by atoms with Crippen molar-refractivity contribution in [2.45, 2.75) is 32.2 Å². The van der Waals surface area contributed by atoms with Crippen LogP contribution in [0, 0.1) is 0 Å². The molecule has 1 aliphatic rings. The number of ether oxygens (including phenoxy) is 1. The van der Waals surface area contributed by atoms with Gasteiger partial charge in [0, 0.05) is 12.0 Å². The molecule has 1 fully saturated rings. The monoisotopic (exact) mass is 424 g/mol. The van der Waals surface area contributed by atoms with Gasteiger partial charge in [0.15, 0.2) is 0 Å². The predicted molar refractivity (Wildman–Crippen MR) is 121 cm³/mol. The van der Waals surface area contributed by atoms with E-state index in [-0.39, 0.29) is 0 Å². The van der Waals surface area contributed by atoms with Crippen molar-refractivity contribution in [2.75, 3.05) is 33.3 Å². The van der Waals surface area contributed by atoms with Gasteiger partial charge < -0.3 is 14.5 Å². The van der Waals surface area contributed by atoms with Crippen LogP contribution in [0.15, 0.2) is 48.5 Å². The Kier molecular flexibility index (Phi) is 6.97. The van der Waals surface area contributed by atoms with Crippen LogP contribution in [-0.4, -0.2) is 49.1 Å². The van der Waals surface area contributed by atoms with E-state index in [2.05, 4.69) is 40.2 Å². The molecule has 30 heavy (non-hydrogen) atoms. The maximum Gasteiger partial charge on any atom is 0.222 e. The highest BCUT2D eigenvalue weighted by atomic mass is 32.1. The van der Waals surface area contributed by atoms with E-state index in [1.54, 1.807) is 23.3 Å². The maximum absolute atomic E-state index is 12.6. The Morgan fingerprint density at radius 3 is 2.60 bits per heavy atom. The van der Waals surface area contributed by atoms with Crippen molar-refractivity contribution < 1.29 is 14.4 Å². The van der Waals surface area contributed by atoms with Crippen molar-refractivity contribution in [1.82, 2.24) is 9.88 Å². The molecule has 1 aromatic heterocycles. The number of aromatic nitrogens is 1. The van der Waals surface area contributed by atoms with Crippen LogP contribution < -0.4 is 9.64 Å². The highest BCUT2D eigenvalue weighted by Crippen LogP contribution is 2.23. The third kappa shape index (κ3) is 5.37. The van der Waals surface area contributed by atoms with Gasteiger partial charge in [-0.2, -0.15) is 0 Å². The Labute approximate surface area is 182 Å². The molecule has 0 bridgehead atoms. The number of unbranched alkanes of at least 4 members (excludes halogenated alkanes) is 1. The Hall–Kier alpha value is -2.44. The van der Waals surface area contributed by atoms with Crippen molar-refractivity contribution in [3.63, 3.8) is 0 Å². The lowest BCUT2D eigenvalue weighted by Gasteiger charge is -2.32. The van der Waals surface area contributed by atoms with E-state index in [4.69, 9.17) is 4.74 Å². The van der Waals surface area contributed by atoms with E-state index in [0.717, 1.165) is 63.3 Å².